The average Bonchev–Trinajstić information content (AvgIpc) is 2.39. The first kappa shape index (κ1) is 16.5. The third-order valence-electron chi connectivity index (χ3n) is 2.62. The zero-order valence-electron chi connectivity index (χ0n) is 11.2. The molecule has 0 aliphatic heterocycles. The summed E-state index contributed by atoms with van der Waals surface area (Å²) < 4.78 is 0. The van der Waals surface area contributed by atoms with E-state index in [1.54, 1.807) is 23.1 Å². The van der Waals surface area contributed by atoms with Crippen LogP contribution in [-0.4, -0.2) is 29.8 Å². The van der Waals surface area contributed by atoms with E-state index >= 15 is 0 Å². The zero-order valence-corrected chi connectivity index (χ0v) is 12.7. The Morgan fingerprint density at radius 1 is 1.40 bits per heavy atom. The van der Waals surface area contributed by atoms with E-state index in [9.17, 15) is 9.59 Å². The van der Waals surface area contributed by atoms with Gasteiger partial charge in [-0.3, -0.25) is 9.59 Å². The summed E-state index contributed by atoms with van der Waals surface area (Å²) in [6.45, 7) is 5.98. The molecule has 1 aromatic rings. The number of amides is 2. The van der Waals surface area contributed by atoms with Crippen LogP contribution in [0.3, 0.4) is 0 Å². The van der Waals surface area contributed by atoms with Gasteiger partial charge in [0.1, 0.15) is 0 Å². The lowest BCUT2D eigenvalue weighted by molar-refractivity contribution is -0.127. The maximum absolute atomic E-state index is 11.8. The number of carbonyl (C=O) groups is 2. The number of carbonyl (C=O) groups excluding carboxylic acids is 2. The van der Waals surface area contributed by atoms with Crippen molar-refractivity contribution >= 4 is 35.0 Å². The molecule has 6 heteroatoms. The fourth-order valence-electron chi connectivity index (χ4n) is 1.62. The Morgan fingerprint density at radius 3 is 2.65 bits per heavy atom. The second-order valence-corrected chi connectivity index (χ2v) is 5.03. The Kier molecular flexibility index (Phi) is 6.55. The molecule has 0 saturated heterocycles. The predicted octanol–water partition coefficient (Wildman–Crippen LogP) is 2.64. The highest BCUT2D eigenvalue weighted by Gasteiger charge is 2.13. The van der Waals surface area contributed by atoms with Crippen LogP contribution >= 0.6 is 23.2 Å². The monoisotopic (exact) mass is 314 g/mol. The Bertz CT molecular complexity index is 518. The Balaban J connectivity index is 2.75. The Labute approximate surface area is 128 Å². The predicted molar refractivity (Wildman–Crippen MR) is 80.8 cm³/mol. The first-order valence-corrected chi connectivity index (χ1v) is 6.79. The average molecular weight is 315 g/mol. The van der Waals surface area contributed by atoms with Crippen LogP contribution in [-0.2, 0) is 16.1 Å². The summed E-state index contributed by atoms with van der Waals surface area (Å²) in [5.74, 6) is -0.359. The van der Waals surface area contributed by atoms with Crippen LogP contribution in [0.25, 0.3) is 0 Å². The minimum Gasteiger partial charge on any atom is -0.355 e. The van der Waals surface area contributed by atoms with Gasteiger partial charge in [0.15, 0.2) is 0 Å². The number of rotatable bonds is 6. The van der Waals surface area contributed by atoms with Crippen molar-refractivity contribution in [2.75, 3.05) is 13.1 Å². The van der Waals surface area contributed by atoms with Gasteiger partial charge in [0, 0.05) is 36.6 Å². The van der Waals surface area contributed by atoms with Crippen LogP contribution in [0.4, 0.5) is 0 Å². The van der Waals surface area contributed by atoms with E-state index in [0.717, 1.165) is 5.56 Å². The van der Waals surface area contributed by atoms with Crippen molar-refractivity contribution in [2.24, 2.45) is 0 Å². The number of halogens is 2. The molecule has 1 N–H and O–H groups in total. The summed E-state index contributed by atoms with van der Waals surface area (Å²) in [7, 11) is 0. The molecule has 0 spiro atoms. The highest BCUT2D eigenvalue weighted by molar-refractivity contribution is 6.35. The molecule has 0 fully saturated rings. The molecule has 1 aromatic carbocycles. The normalized spacial score (nSPS) is 9.95. The standard InChI is InChI=1S/C14H16Cl2N2O2/c1-3-14(20)18(7-6-17-10(2)19)9-11-4-5-12(15)8-13(11)16/h3-5,8H,1,6-7,9H2,2H3,(H,17,19). The SMILES string of the molecule is C=CC(=O)N(CCNC(C)=O)Cc1ccc(Cl)cc1Cl. The van der Waals surface area contributed by atoms with E-state index < -0.39 is 0 Å². The van der Waals surface area contributed by atoms with Crippen LogP contribution in [0.2, 0.25) is 10.0 Å². The van der Waals surface area contributed by atoms with Gasteiger partial charge in [0.05, 0.1) is 0 Å². The fraction of sp³-hybridized carbons (Fsp3) is 0.286. The molecular weight excluding hydrogens is 299 g/mol. The molecule has 0 bridgehead atoms. The zero-order chi connectivity index (χ0) is 15.1. The lowest BCUT2D eigenvalue weighted by Gasteiger charge is -2.22. The third-order valence-corrected chi connectivity index (χ3v) is 3.21. The Hall–Kier alpha value is -1.52. The maximum Gasteiger partial charge on any atom is 0.246 e. The molecule has 108 valence electrons. The number of benzene rings is 1. The van der Waals surface area contributed by atoms with E-state index in [1.165, 1.54) is 13.0 Å². The molecule has 0 saturated carbocycles. The lowest BCUT2D eigenvalue weighted by Crippen LogP contribution is -2.36. The van der Waals surface area contributed by atoms with E-state index in [2.05, 4.69) is 11.9 Å². The first-order chi connectivity index (χ1) is 9.43. The van der Waals surface area contributed by atoms with Crippen LogP contribution in [0, 0.1) is 0 Å². The smallest absolute Gasteiger partial charge is 0.246 e. The molecular formula is C14H16Cl2N2O2. The summed E-state index contributed by atoms with van der Waals surface area (Å²) in [4.78, 5) is 24.2. The van der Waals surface area contributed by atoms with Gasteiger partial charge in [-0.15, -0.1) is 0 Å². The minimum absolute atomic E-state index is 0.138. The van der Waals surface area contributed by atoms with Gasteiger partial charge >= 0.3 is 0 Å². The molecule has 0 atom stereocenters. The number of hydrogen-bond acceptors (Lipinski definition) is 2. The molecule has 0 aromatic heterocycles. The summed E-state index contributed by atoms with van der Waals surface area (Å²) >= 11 is 11.9. The van der Waals surface area contributed by atoms with Crippen molar-refractivity contribution in [3.8, 4) is 0 Å². The van der Waals surface area contributed by atoms with E-state index in [1.807, 2.05) is 0 Å². The lowest BCUT2D eigenvalue weighted by atomic mass is 10.2. The second kappa shape index (κ2) is 7.92. The third kappa shape index (κ3) is 5.23. The van der Waals surface area contributed by atoms with Crippen molar-refractivity contribution < 1.29 is 9.59 Å². The van der Waals surface area contributed by atoms with E-state index in [-0.39, 0.29) is 11.8 Å². The first-order valence-electron chi connectivity index (χ1n) is 6.03. The van der Waals surface area contributed by atoms with Crippen molar-refractivity contribution in [2.45, 2.75) is 13.5 Å². The van der Waals surface area contributed by atoms with Crippen LogP contribution in [0.5, 0.6) is 0 Å². The topological polar surface area (TPSA) is 49.4 Å². The Morgan fingerprint density at radius 2 is 2.10 bits per heavy atom. The summed E-state index contributed by atoms with van der Waals surface area (Å²) in [6.07, 6.45) is 1.23. The number of nitrogens with zero attached hydrogens (tertiary/aromatic N) is 1. The van der Waals surface area contributed by atoms with Gasteiger partial charge < -0.3 is 10.2 Å². The van der Waals surface area contributed by atoms with Gasteiger partial charge in [0.2, 0.25) is 11.8 Å². The maximum atomic E-state index is 11.8. The number of hydrogen-bond donors (Lipinski definition) is 1. The van der Waals surface area contributed by atoms with Gasteiger partial charge in [0.25, 0.3) is 0 Å². The number of nitrogens with one attached hydrogen (secondary N) is 1. The molecule has 2 amide bonds. The van der Waals surface area contributed by atoms with Crippen LogP contribution < -0.4 is 5.32 Å². The molecule has 20 heavy (non-hydrogen) atoms. The van der Waals surface area contributed by atoms with Gasteiger partial charge in [-0.05, 0) is 23.8 Å². The summed E-state index contributed by atoms with van der Waals surface area (Å²) in [6, 6.07) is 5.11. The van der Waals surface area contributed by atoms with E-state index in [0.29, 0.717) is 29.7 Å². The summed E-state index contributed by atoms with van der Waals surface area (Å²) in [5.41, 5.74) is 0.786. The molecule has 0 aliphatic carbocycles. The highest BCUT2D eigenvalue weighted by atomic mass is 35.5. The van der Waals surface area contributed by atoms with Gasteiger partial charge in [-0.1, -0.05) is 35.8 Å². The van der Waals surface area contributed by atoms with Gasteiger partial charge in [-0.25, -0.2) is 0 Å². The van der Waals surface area contributed by atoms with Crippen LogP contribution in [0.1, 0.15) is 12.5 Å². The van der Waals surface area contributed by atoms with Crippen LogP contribution in [0.15, 0.2) is 30.9 Å². The van der Waals surface area contributed by atoms with Crippen molar-refractivity contribution in [3.63, 3.8) is 0 Å². The molecule has 0 radical (unpaired) electrons. The van der Waals surface area contributed by atoms with Crippen molar-refractivity contribution in [1.82, 2.24) is 10.2 Å². The summed E-state index contributed by atoms with van der Waals surface area (Å²) in [5, 5.41) is 3.68. The quantitative estimate of drug-likeness (QED) is 0.821. The molecule has 0 heterocycles. The molecule has 0 aliphatic rings. The molecule has 1 rings (SSSR count). The fourth-order valence-corrected chi connectivity index (χ4v) is 2.09. The van der Waals surface area contributed by atoms with Crippen molar-refractivity contribution in [1.29, 1.82) is 0 Å². The molecule has 0 unspecified atom stereocenters. The van der Waals surface area contributed by atoms with Gasteiger partial charge in [-0.2, -0.15) is 0 Å². The van der Waals surface area contributed by atoms with E-state index in [4.69, 9.17) is 23.2 Å². The highest BCUT2D eigenvalue weighted by Crippen LogP contribution is 2.22. The minimum atomic E-state index is -0.221. The second-order valence-electron chi connectivity index (χ2n) is 4.18. The van der Waals surface area contributed by atoms with Crippen molar-refractivity contribution in [3.05, 3.63) is 46.5 Å². The molecule has 4 nitrogen and oxygen atoms in total. The largest absolute Gasteiger partial charge is 0.355 e.